The average Bonchev–Trinajstić information content (AvgIpc) is 1.64. The molecule has 0 unspecified atom stereocenters. The molecule has 1 rings (SSSR count). The van der Waals surface area contributed by atoms with Crippen molar-refractivity contribution in [2.24, 2.45) is 0 Å². The largest absolute Gasteiger partial charge is 0.382 e. The van der Waals surface area contributed by atoms with E-state index in [4.69, 9.17) is 17.3 Å². The van der Waals surface area contributed by atoms with Gasteiger partial charge in [-0.05, 0) is 5.21 Å². The SMILES string of the molecule is Nc1cc(Cl)nnn1. The molecule has 1 heterocycles. The van der Waals surface area contributed by atoms with Gasteiger partial charge in [0, 0.05) is 6.07 Å². The minimum Gasteiger partial charge on any atom is -0.382 e. The van der Waals surface area contributed by atoms with Crippen molar-refractivity contribution in [1.29, 1.82) is 0 Å². The molecule has 0 aromatic carbocycles. The van der Waals surface area contributed by atoms with Gasteiger partial charge in [0.15, 0.2) is 11.0 Å². The Morgan fingerprint density at radius 1 is 1.50 bits per heavy atom. The van der Waals surface area contributed by atoms with Crippen LogP contribution in [0.2, 0.25) is 5.15 Å². The molecule has 2 N–H and O–H groups in total. The molecule has 1 aromatic rings. The summed E-state index contributed by atoms with van der Waals surface area (Å²) in [4.78, 5) is 0. The van der Waals surface area contributed by atoms with Gasteiger partial charge in [0.2, 0.25) is 0 Å². The van der Waals surface area contributed by atoms with E-state index in [-0.39, 0.29) is 11.0 Å². The Bertz CT molecular complexity index is 171. The van der Waals surface area contributed by atoms with Crippen molar-refractivity contribution in [1.82, 2.24) is 15.4 Å². The molecule has 8 heavy (non-hydrogen) atoms. The Balaban J connectivity index is 3.08. The Morgan fingerprint density at radius 3 is 2.62 bits per heavy atom. The van der Waals surface area contributed by atoms with E-state index < -0.39 is 0 Å². The number of hydrogen-bond acceptors (Lipinski definition) is 4. The molecule has 1 aromatic heterocycles. The molecule has 0 aliphatic heterocycles. The van der Waals surface area contributed by atoms with Crippen LogP contribution in [-0.2, 0) is 0 Å². The van der Waals surface area contributed by atoms with Crippen molar-refractivity contribution in [3.63, 3.8) is 0 Å². The molecule has 5 heteroatoms. The zero-order valence-electron chi connectivity index (χ0n) is 3.87. The van der Waals surface area contributed by atoms with E-state index in [1.54, 1.807) is 0 Å². The lowest BCUT2D eigenvalue weighted by Crippen LogP contribution is -1.93. The number of nitrogens with two attached hydrogens (primary N) is 1. The molecule has 42 valence electrons. The van der Waals surface area contributed by atoms with Gasteiger partial charge in [-0.3, -0.25) is 0 Å². The predicted octanol–water partition coefficient (Wildman–Crippen LogP) is 0.107. The predicted molar refractivity (Wildman–Crippen MR) is 29.2 cm³/mol. The monoisotopic (exact) mass is 130 g/mol. The second kappa shape index (κ2) is 1.92. The molecule has 0 radical (unpaired) electrons. The van der Waals surface area contributed by atoms with Crippen LogP contribution in [0.1, 0.15) is 0 Å². The third-order valence-corrected chi connectivity index (χ3v) is 0.752. The van der Waals surface area contributed by atoms with E-state index in [1.807, 2.05) is 0 Å². The first-order valence-electron chi connectivity index (χ1n) is 1.90. The second-order valence-electron chi connectivity index (χ2n) is 1.18. The Labute approximate surface area is 50.7 Å². The number of hydrogen-bond donors (Lipinski definition) is 1. The lowest BCUT2D eigenvalue weighted by Gasteiger charge is -1.85. The number of nitrogen functional groups attached to an aromatic ring is 1. The van der Waals surface area contributed by atoms with Crippen LogP contribution in [0.15, 0.2) is 6.07 Å². The fourth-order valence-electron chi connectivity index (χ4n) is 0.296. The van der Waals surface area contributed by atoms with Crippen LogP contribution >= 0.6 is 11.6 Å². The summed E-state index contributed by atoms with van der Waals surface area (Å²) in [6.07, 6.45) is 0. The lowest BCUT2D eigenvalue weighted by molar-refractivity contribution is 0.874. The van der Waals surface area contributed by atoms with Gasteiger partial charge in [-0.1, -0.05) is 11.6 Å². The zero-order valence-corrected chi connectivity index (χ0v) is 4.63. The maximum atomic E-state index is 5.35. The fourth-order valence-corrected chi connectivity index (χ4v) is 0.442. The molecule has 0 aliphatic rings. The first-order valence-corrected chi connectivity index (χ1v) is 2.28. The third-order valence-electron chi connectivity index (χ3n) is 0.567. The van der Waals surface area contributed by atoms with Crippen LogP contribution in [0.25, 0.3) is 0 Å². The van der Waals surface area contributed by atoms with Crippen molar-refractivity contribution in [3.8, 4) is 0 Å². The average molecular weight is 131 g/mol. The second-order valence-corrected chi connectivity index (χ2v) is 1.57. The van der Waals surface area contributed by atoms with Crippen LogP contribution < -0.4 is 5.73 Å². The van der Waals surface area contributed by atoms with Crippen LogP contribution in [0.5, 0.6) is 0 Å². The first-order chi connectivity index (χ1) is 3.79. The van der Waals surface area contributed by atoms with Gasteiger partial charge in [0.1, 0.15) is 0 Å². The summed E-state index contributed by atoms with van der Waals surface area (Å²) in [6.45, 7) is 0. The lowest BCUT2D eigenvalue weighted by atomic mass is 10.6. The van der Waals surface area contributed by atoms with Crippen molar-refractivity contribution < 1.29 is 0 Å². The van der Waals surface area contributed by atoms with Gasteiger partial charge in [0.05, 0.1) is 0 Å². The number of anilines is 1. The van der Waals surface area contributed by atoms with E-state index in [1.165, 1.54) is 6.07 Å². The highest BCUT2D eigenvalue weighted by Gasteiger charge is 1.88. The van der Waals surface area contributed by atoms with Crippen LogP contribution in [0, 0.1) is 0 Å². The summed E-state index contributed by atoms with van der Waals surface area (Å²) >= 11 is 5.35. The van der Waals surface area contributed by atoms with Crippen molar-refractivity contribution >= 4 is 17.4 Å². The summed E-state index contributed by atoms with van der Waals surface area (Å²) in [5.74, 6) is 0.282. The van der Waals surface area contributed by atoms with Gasteiger partial charge in [-0.25, -0.2) is 0 Å². The normalized spacial score (nSPS) is 9.12. The fraction of sp³-hybridized carbons (Fsp3) is 0. The minimum atomic E-state index is 0.262. The van der Waals surface area contributed by atoms with Crippen LogP contribution in [0.4, 0.5) is 5.82 Å². The molecule has 0 spiro atoms. The number of rotatable bonds is 0. The Hall–Kier alpha value is -0.900. The van der Waals surface area contributed by atoms with Crippen LogP contribution in [0.3, 0.4) is 0 Å². The van der Waals surface area contributed by atoms with E-state index in [9.17, 15) is 0 Å². The topological polar surface area (TPSA) is 64.7 Å². The van der Waals surface area contributed by atoms with E-state index in [0.717, 1.165) is 0 Å². The number of nitrogens with zero attached hydrogens (tertiary/aromatic N) is 3. The third kappa shape index (κ3) is 1.04. The number of halogens is 1. The summed E-state index contributed by atoms with van der Waals surface area (Å²) in [7, 11) is 0. The first kappa shape index (κ1) is 5.24. The van der Waals surface area contributed by atoms with E-state index in [2.05, 4.69) is 15.4 Å². The molecular formula is C3H3ClN4. The molecule has 0 amide bonds. The summed E-state index contributed by atoms with van der Waals surface area (Å²) < 4.78 is 0. The number of aromatic nitrogens is 3. The van der Waals surface area contributed by atoms with Gasteiger partial charge in [-0.2, -0.15) is 0 Å². The molecule has 0 saturated carbocycles. The Morgan fingerprint density at radius 2 is 2.25 bits per heavy atom. The molecule has 0 saturated heterocycles. The minimum absolute atomic E-state index is 0.262. The summed E-state index contributed by atoms with van der Waals surface area (Å²) in [6, 6.07) is 1.43. The molecule has 0 atom stereocenters. The maximum absolute atomic E-state index is 5.35. The molecule has 0 bridgehead atoms. The van der Waals surface area contributed by atoms with E-state index in [0.29, 0.717) is 0 Å². The highest BCUT2D eigenvalue weighted by molar-refractivity contribution is 6.29. The van der Waals surface area contributed by atoms with E-state index >= 15 is 0 Å². The zero-order chi connectivity index (χ0) is 5.98. The summed E-state index contributed by atoms with van der Waals surface area (Å²) in [5.41, 5.74) is 5.16. The smallest absolute Gasteiger partial charge is 0.157 e. The summed E-state index contributed by atoms with van der Waals surface area (Å²) in [5, 5.41) is 10.2. The van der Waals surface area contributed by atoms with Crippen molar-refractivity contribution in [3.05, 3.63) is 11.2 Å². The van der Waals surface area contributed by atoms with Gasteiger partial charge < -0.3 is 5.73 Å². The highest BCUT2D eigenvalue weighted by Crippen LogP contribution is 2.01. The van der Waals surface area contributed by atoms with Gasteiger partial charge in [0.25, 0.3) is 0 Å². The maximum Gasteiger partial charge on any atom is 0.157 e. The Kier molecular flexibility index (Phi) is 1.26. The quantitative estimate of drug-likeness (QED) is 0.541. The standard InChI is InChI=1S/C3H3ClN4/c4-2-1-3(5)7-8-6-2/h1H,(H2,5,6,7). The van der Waals surface area contributed by atoms with Crippen molar-refractivity contribution in [2.75, 3.05) is 5.73 Å². The molecule has 0 aliphatic carbocycles. The van der Waals surface area contributed by atoms with Gasteiger partial charge >= 0.3 is 0 Å². The van der Waals surface area contributed by atoms with Gasteiger partial charge in [-0.15, -0.1) is 10.2 Å². The van der Waals surface area contributed by atoms with Crippen LogP contribution in [-0.4, -0.2) is 15.4 Å². The molecule has 4 nitrogen and oxygen atoms in total. The molecule has 0 fully saturated rings. The molecular weight excluding hydrogens is 128 g/mol. The highest BCUT2D eigenvalue weighted by atomic mass is 35.5. The van der Waals surface area contributed by atoms with Crippen molar-refractivity contribution in [2.45, 2.75) is 0 Å².